The molecular weight excluding hydrogens is 452 g/mol. The summed E-state index contributed by atoms with van der Waals surface area (Å²) in [5.74, 6) is 0.779. The first-order chi connectivity index (χ1) is 17.0. The Morgan fingerprint density at radius 2 is 1.86 bits per heavy atom. The molecule has 1 amide bonds. The van der Waals surface area contributed by atoms with Gasteiger partial charge in [0, 0.05) is 23.3 Å². The van der Waals surface area contributed by atoms with Crippen molar-refractivity contribution in [3.63, 3.8) is 0 Å². The van der Waals surface area contributed by atoms with Crippen LogP contribution in [0.1, 0.15) is 122 Å². The number of amides is 1. The fourth-order valence-electron chi connectivity index (χ4n) is 7.85. The van der Waals surface area contributed by atoms with Crippen molar-refractivity contribution in [2.45, 2.75) is 143 Å². The second-order valence-electron chi connectivity index (χ2n) is 13.9. The monoisotopic (exact) mass is 500 g/mol. The summed E-state index contributed by atoms with van der Waals surface area (Å²) in [6, 6.07) is 0.918. The molecule has 1 heterocycles. The van der Waals surface area contributed by atoms with E-state index >= 15 is 0 Å². The van der Waals surface area contributed by atoms with Gasteiger partial charge in [0.15, 0.2) is 0 Å². The number of hydrogen-bond donors (Lipinski definition) is 2. The summed E-state index contributed by atoms with van der Waals surface area (Å²) in [7, 11) is 0. The van der Waals surface area contributed by atoms with E-state index in [0.717, 1.165) is 30.9 Å². The van der Waals surface area contributed by atoms with E-state index in [1.807, 2.05) is 20.8 Å². The van der Waals surface area contributed by atoms with Crippen molar-refractivity contribution in [1.29, 1.82) is 0 Å². The van der Waals surface area contributed by atoms with Gasteiger partial charge in [0.1, 0.15) is 12.2 Å². The van der Waals surface area contributed by atoms with Crippen LogP contribution in [0.5, 0.6) is 0 Å². The first kappa shape index (κ1) is 26.0. The largest absolute Gasteiger partial charge is 0.444 e. The van der Waals surface area contributed by atoms with Crippen molar-refractivity contribution in [2.24, 2.45) is 16.7 Å². The number of carbonyl (C=O) groups is 1. The second kappa shape index (κ2) is 9.61. The number of nitrogens with one attached hydrogen (secondary N) is 2. The molecule has 202 valence electrons. The van der Waals surface area contributed by atoms with Gasteiger partial charge in [-0.25, -0.2) is 4.79 Å². The molecule has 2 N–H and O–H groups in total. The normalized spacial score (nSPS) is 31.9. The third kappa shape index (κ3) is 5.07. The zero-order valence-corrected chi connectivity index (χ0v) is 23.4. The fraction of sp³-hybridized carbons (Fsp3) is 0.862. The van der Waals surface area contributed by atoms with Gasteiger partial charge in [-0.1, -0.05) is 40.0 Å². The maximum Gasteiger partial charge on any atom is 0.407 e. The van der Waals surface area contributed by atoms with Crippen molar-refractivity contribution < 1.29 is 14.4 Å². The summed E-state index contributed by atoms with van der Waals surface area (Å²) in [6.07, 6.45) is 12.5. The minimum atomic E-state index is -0.495. The summed E-state index contributed by atoms with van der Waals surface area (Å²) >= 11 is 0. The molecule has 0 aliphatic heterocycles. The summed E-state index contributed by atoms with van der Waals surface area (Å²) in [4.78, 5) is 18.7. The van der Waals surface area contributed by atoms with Gasteiger partial charge in [-0.15, -0.1) is 0 Å². The topological polar surface area (TPSA) is 77.4 Å². The molecule has 7 nitrogen and oxygen atoms in total. The van der Waals surface area contributed by atoms with E-state index in [0.29, 0.717) is 24.1 Å². The first-order valence-corrected chi connectivity index (χ1v) is 14.4. The Morgan fingerprint density at radius 1 is 1.11 bits per heavy atom. The highest BCUT2D eigenvalue weighted by atomic mass is 16.6. The molecule has 5 rings (SSSR count). The number of aromatic nitrogens is 2. The highest BCUT2D eigenvalue weighted by Crippen LogP contribution is 2.62. The van der Waals surface area contributed by atoms with Crippen LogP contribution in [-0.4, -0.2) is 33.6 Å². The van der Waals surface area contributed by atoms with E-state index in [4.69, 9.17) is 14.7 Å². The van der Waals surface area contributed by atoms with E-state index < -0.39 is 5.60 Å². The molecule has 2 bridgehead atoms. The third-order valence-corrected chi connectivity index (χ3v) is 9.70. The summed E-state index contributed by atoms with van der Waals surface area (Å²) in [5, 5.41) is 8.27. The molecule has 3 fully saturated rings. The molecule has 4 atom stereocenters. The van der Waals surface area contributed by atoms with Crippen molar-refractivity contribution in [3.05, 3.63) is 17.0 Å². The van der Waals surface area contributed by atoms with Gasteiger partial charge in [0.25, 0.3) is 0 Å². The summed E-state index contributed by atoms with van der Waals surface area (Å²) in [5.41, 5.74) is 7.25. The molecule has 3 saturated carbocycles. The Kier molecular flexibility index (Phi) is 6.95. The zero-order valence-electron chi connectivity index (χ0n) is 23.4. The minimum absolute atomic E-state index is 0.0616. The van der Waals surface area contributed by atoms with Gasteiger partial charge < -0.3 is 10.1 Å². The minimum Gasteiger partial charge on any atom is -0.444 e. The van der Waals surface area contributed by atoms with Crippen LogP contribution in [0, 0.1) is 16.7 Å². The van der Waals surface area contributed by atoms with Gasteiger partial charge in [0.2, 0.25) is 0 Å². The Morgan fingerprint density at radius 3 is 2.53 bits per heavy atom. The van der Waals surface area contributed by atoms with Gasteiger partial charge in [0.05, 0.1) is 11.7 Å². The SMILES string of the molecule is CC(C)(C)OC(=O)NC1CCc2c(c(CONC3C4(C)CCC(C4)C3(C)C)nn2C2CCCCC2)C1. The lowest BCUT2D eigenvalue weighted by Gasteiger charge is -2.42. The standard InChI is InChI=1S/C29H48N4O3/c1-27(2,3)36-26(34)30-20-12-13-24-22(16-20)23(31-33(24)21-10-8-7-9-11-21)18-35-32-25-28(4,5)19-14-15-29(25,6)17-19/h19-21,25,32H,7-18H2,1-6H3,(H,30,34). The Labute approximate surface area is 217 Å². The molecular formula is C29H48N4O3. The lowest BCUT2D eigenvalue weighted by atomic mass is 9.69. The van der Waals surface area contributed by atoms with Crippen LogP contribution in [0.4, 0.5) is 4.79 Å². The lowest BCUT2D eigenvalue weighted by molar-refractivity contribution is -0.0619. The molecule has 7 heteroatoms. The molecule has 0 aromatic carbocycles. The van der Waals surface area contributed by atoms with Crippen LogP contribution in [0.3, 0.4) is 0 Å². The number of carbonyl (C=O) groups excluding carboxylic acids is 1. The average Bonchev–Trinajstić information content (AvgIpc) is 3.42. The predicted molar refractivity (Wildman–Crippen MR) is 140 cm³/mol. The van der Waals surface area contributed by atoms with Crippen LogP contribution in [-0.2, 0) is 29.0 Å². The van der Waals surface area contributed by atoms with Crippen LogP contribution in [0.15, 0.2) is 0 Å². The number of ether oxygens (including phenoxy) is 1. The number of hydroxylamine groups is 1. The number of alkyl carbamates (subject to hydrolysis) is 1. The van der Waals surface area contributed by atoms with Crippen molar-refractivity contribution >= 4 is 6.09 Å². The van der Waals surface area contributed by atoms with Gasteiger partial charge in [-0.2, -0.15) is 10.6 Å². The quantitative estimate of drug-likeness (QED) is 0.468. The first-order valence-electron chi connectivity index (χ1n) is 14.4. The highest BCUT2D eigenvalue weighted by molar-refractivity contribution is 5.68. The third-order valence-electron chi connectivity index (χ3n) is 9.70. The number of hydrogen-bond acceptors (Lipinski definition) is 5. The van der Waals surface area contributed by atoms with E-state index in [1.54, 1.807) is 0 Å². The van der Waals surface area contributed by atoms with E-state index in [1.165, 1.54) is 62.6 Å². The Bertz CT molecular complexity index is 954. The smallest absolute Gasteiger partial charge is 0.407 e. The zero-order chi connectivity index (χ0) is 25.7. The average molecular weight is 501 g/mol. The predicted octanol–water partition coefficient (Wildman–Crippen LogP) is 6.01. The van der Waals surface area contributed by atoms with E-state index in [9.17, 15) is 4.79 Å². The van der Waals surface area contributed by atoms with Crippen LogP contribution >= 0.6 is 0 Å². The lowest BCUT2D eigenvalue weighted by Crippen LogP contribution is -2.50. The van der Waals surface area contributed by atoms with E-state index in [-0.39, 0.29) is 17.6 Å². The van der Waals surface area contributed by atoms with Gasteiger partial charge in [-0.05, 0) is 88.9 Å². The summed E-state index contributed by atoms with van der Waals surface area (Å²) < 4.78 is 7.86. The maximum atomic E-state index is 12.5. The molecule has 4 aliphatic carbocycles. The molecule has 0 spiro atoms. The van der Waals surface area contributed by atoms with Crippen LogP contribution in [0.25, 0.3) is 0 Å². The van der Waals surface area contributed by atoms with Gasteiger partial charge >= 0.3 is 6.09 Å². The van der Waals surface area contributed by atoms with Crippen LogP contribution < -0.4 is 10.8 Å². The molecule has 1 aromatic rings. The summed E-state index contributed by atoms with van der Waals surface area (Å²) in [6.45, 7) is 13.4. The number of rotatable bonds is 6. The van der Waals surface area contributed by atoms with Crippen molar-refractivity contribution in [1.82, 2.24) is 20.6 Å². The van der Waals surface area contributed by atoms with Gasteiger partial charge in [-0.3, -0.25) is 9.52 Å². The number of nitrogens with zero attached hydrogens (tertiary/aromatic N) is 2. The van der Waals surface area contributed by atoms with Crippen LogP contribution in [0.2, 0.25) is 0 Å². The Balaban J connectivity index is 1.30. The molecule has 1 aromatic heterocycles. The fourth-order valence-corrected chi connectivity index (χ4v) is 7.85. The molecule has 0 radical (unpaired) electrons. The van der Waals surface area contributed by atoms with Crippen molar-refractivity contribution in [3.8, 4) is 0 Å². The highest BCUT2D eigenvalue weighted by Gasteiger charge is 2.59. The second-order valence-corrected chi connectivity index (χ2v) is 13.9. The molecule has 4 aliphatic rings. The van der Waals surface area contributed by atoms with E-state index in [2.05, 4.69) is 36.2 Å². The Hall–Kier alpha value is -1.60. The molecule has 4 unspecified atom stereocenters. The van der Waals surface area contributed by atoms with Crippen molar-refractivity contribution in [2.75, 3.05) is 0 Å². The maximum absolute atomic E-state index is 12.5. The number of fused-ring (bicyclic) bond motifs is 3. The molecule has 0 saturated heterocycles. The molecule has 36 heavy (non-hydrogen) atoms.